The third-order valence-electron chi connectivity index (χ3n) is 3.01. The molecule has 1 atom stereocenters. The van der Waals surface area contributed by atoms with Crippen molar-refractivity contribution in [3.05, 3.63) is 36.2 Å². The number of halogens is 1. The second kappa shape index (κ2) is 7.41. The molecule has 1 aliphatic rings. The zero-order valence-corrected chi connectivity index (χ0v) is 13.3. The van der Waals surface area contributed by atoms with Crippen molar-refractivity contribution in [3.63, 3.8) is 0 Å². The van der Waals surface area contributed by atoms with Gasteiger partial charge in [-0.25, -0.2) is 9.18 Å². The Labute approximate surface area is 126 Å². The van der Waals surface area contributed by atoms with E-state index >= 15 is 0 Å². The first kappa shape index (κ1) is 17.4. The highest BCUT2D eigenvalue weighted by Gasteiger charge is 2.27. The Bertz CT molecular complexity index is 450. The van der Waals surface area contributed by atoms with E-state index in [4.69, 9.17) is 4.74 Å². The number of carbonyl (C=O) groups is 1. The third-order valence-corrected chi connectivity index (χ3v) is 3.01. The minimum absolute atomic E-state index is 0.0906. The van der Waals surface area contributed by atoms with Crippen molar-refractivity contribution in [2.45, 2.75) is 39.3 Å². The van der Waals surface area contributed by atoms with Gasteiger partial charge < -0.3 is 15.0 Å². The number of carbonyl (C=O) groups excluding carboxylic acids is 1. The Balaban J connectivity index is 2.62. The normalized spacial score (nSPS) is 20.7. The van der Waals surface area contributed by atoms with Crippen molar-refractivity contribution in [1.82, 2.24) is 10.2 Å². The number of amides is 1. The molecule has 0 aliphatic carbocycles. The predicted molar refractivity (Wildman–Crippen MR) is 82.7 cm³/mol. The van der Waals surface area contributed by atoms with E-state index in [9.17, 15) is 9.18 Å². The van der Waals surface area contributed by atoms with Gasteiger partial charge in [0, 0.05) is 25.7 Å². The van der Waals surface area contributed by atoms with Crippen LogP contribution in [0, 0.1) is 0 Å². The lowest BCUT2D eigenvalue weighted by molar-refractivity contribution is 0.0208. The summed E-state index contributed by atoms with van der Waals surface area (Å²) in [7, 11) is 0. The number of hydrogen-bond donors (Lipinski definition) is 1. The molecule has 0 spiro atoms. The van der Waals surface area contributed by atoms with Gasteiger partial charge in [-0.05, 0) is 39.3 Å². The second-order valence-electron chi connectivity index (χ2n) is 6.01. The summed E-state index contributed by atoms with van der Waals surface area (Å²) in [6.07, 6.45) is 4.05. The summed E-state index contributed by atoms with van der Waals surface area (Å²) >= 11 is 0. The van der Waals surface area contributed by atoms with Crippen LogP contribution in [0.15, 0.2) is 36.2 Å². The fraction of sp³-hybridized carbons (Fsp3) is 0.562. The smallest absolute Gasteiger partial charge is 0.410 e. The molecule has 0 radical (unpaired) electrons. The molecule has 5 heteroatoms. The van der Waals surface area contributed by atoms with Gasteiger partial charge in [0.15, 0.2) is 0 Å². The molecule has 1 N–H and O–H groups in total. The highest BCUT2D eigenvalue weighted by molar-refractivity contribution is 5.68. The molecule has 4 nitrogen and oxygen atoms in total. The maximum Gasteiger partial charge on any atom is 0.410 e. The quantitative estimate of drug-likeness (QED) is 0.813. The van der Waals surface area contributed by atoms with Crippen molar-refractivity contribution in [2.24, 2.45) is 0 Å². The summed E-state index contributed by atoms with van der Waals surface area (Å²) in [4.78, 5) is 13.7. The van der Waals surface area contributed by atoms with Gasteiger partial charge in [0.2, 0.25) is 0 Å². The molecular weight excluding hydrogens is 271 g/mol. The molecule has 0 bridgehead atoms. The highest BCUT2D eigenvalue weighted by Crippen LogP contribution is 2.14. The summed E-state index contributed by atoms with van der Waals surface area (Å²) in [5.41, 5.74) is 0.226. The van der Waals surface area contributed by atoms with Crippen molar-refractivity contribution in [3.8, 4) is 0 Å². The van der Waals surface area contributed by atoms with Gasteiger partial charge in [0.1, 0.15) is 11.4 Å². The van der Waals surface area contributed by atoms with Gasteiger partial charge in [-0.3, -0.25) is 0 Å². The molecular formula is C16H25FN2O2. The van der Waals surface area contributed by atoms with Crippen molar-refractivity contribution in [1.29, 1.82) is 0 Å². The fourth-order valence-electron chi connectivity index (χ4n) is 1.89. The number of nitrogens with one attached hydrogen (secondary N) is 1. The number of allylic oxidation sites excluding steroid dienone is 3. The molecule has 1 fully saturated rings. The lowest BCUT2D eigenvalue weighted by Crippen LogP contribution is -2.53. The topological polar surface area (TPSA) is 41.6 Å². The van der Waals surface area contributed by atoms with Gasteiger partial charge in [-0.2, -0.15) is 0 Å². The number of piperazine rings is 1. The van der Waals surface area contributed by atoms with E-state index in [0.717, 1.165) is 5.57 Å². The number of hydrogen-bond acceptors (Lipinski definition) is 3. The standard InChI is InChI=1S/C16H25FN2O2/c1-6-13(17)8-7-12(2)14-11-19(10-9-18-14)15(20)21-16(3,4)5/h6-8,14,18H,2,9-11H2,1,3-5H3/b8-7-,13-6+/t14-/m0/s1. The molecule has 118 valence electrons. The number of nitrogens with zero attached hydrogens (tertiary/aromatic N) is 1. The summed E-state index contributed by atoms with van der Waals surface area (Å²) in [6, 6.07) is -0.0906. The molecule has 1 rings (SSSR count). The van der Waals surface area contributed by atoms with Crippen LogP contribution in [0.5, 0.6) is 0 Å². The van der Waals surface area contributed by atoms with Crippen LogP contribution in [0.2, 0.25) is 0 Å². The van der Waals surface area contributed by atoms with E-state index in [1.807, 2.05) is 20.8 Å². The van der Waals surface area contributed by atoms with E-state index < -0.39 is 5.60 Å². The Kier molecular flexibility index (Phi) is 6.15. The Morgan fingerprint density at radius 2 is 2.10 bits per heavy atom. The Morgan fingerprint density at radius 1 is 1.43 bits per heavy atom. The van der Waals surface area contributed by atoms with E-state index in [-0.39, 0.29) is 18.0 Å². The fourth-order valence-corrected chi connectivity index (χ4v) is 1.89. The van der Waals surface area contributed by atoms with Gasteiger partial charge in [-0.1, -0.05) is 18.7 Å². The molecule has 0 aromatic rings. The van der Waals surface area contributed by atoms with Crippen LogP contribution in [-0.2, 0) is 4.74 Å². The SMILES string of the molecule is C=C(/C=C\C(F)=C/C)[C@@H]1CN(C(=O)OC(C)(C)C)CCN1. The summed E-state index contributed by atoms with van der Waals surface area (Å²) in [5.74, 6) is -0.309. The summed E-state index contributed by atoms with van der Waals surface area (Å²) in [6.45, 7) is 12.8. The van der Waals surface area contributed by atoms with Crippen molar-refractivity contribution in [2.75, 3.05) is 19.6 Å². The first-order valence-corrected chi connectivity index (χ1v) is 7.13. The predicted octanol–water partition coefficient (Wildman–Crippen LogP) is 3.18. The Morgan fingerprint density at radius 3 is 2.67 bits per heavy atom. The van der Waals surface area contributed by atoms with E-state index in [1.165, 1.54) is 12.2 Å². The molecule has 1 aliphatic heterocycles. The maximum atomic E-state index is 13.1. The summed E-state index contributed by atoms with van der Waals surface area (Å²) < 4.78 is 18.4. The van der Waals surface area contributed by atoms with Crippen molar-refractivity contribution >= 4 is 6.09 Å². The highest BCUT2D eigenvalue weighted by atomic mass is 19.1. The van der Waals surface area contributed by atoms with E-state index in [0.29, 0.717) is 19.6 Å². The van der Waals surface area contributed by atoms with Crippen LogP contribution in [0.25, 0.3) is 0 Å². The van der Waals surface area contributed by atoms with E-state index in [2.05, 4.69) is 11.9 Å². The minimum Gasteiger partial charge on any atom is -0.444 e. The lowest BCUT2D eigenvalue weighted by atomic mass is 10.1. The molecule has 1 heterocycles. The van der Waals surface area contributed by atoms with Crippen LogP contribution in [0.3, 0.4) is 0 Å². The lowest BCUT2D eigenvalue weighted by Gasteiger charge is -2.35. The van der Waals surface area contributed by atoms with Crippen LogP contribution in [-0.4, -0.2) is 42.3 Å². The largest absolute Gasteiger partial charge is 0.444 e. The summed E-state index contributed by atoms with van der Waals surface area (Å²) in [5, 5.41) is 3.27. The average Bonchev–Trinajstić information content (AvgIpc) is 2.42. The Hall–Kier alpha value is -1.62. The molecule has 1 saturated heterocycles. The molecule has 21 heavy (non-hydrogen) atoms. The zero-order chi connectivity index (χ0) is 16.0. The molecule has 1 amide bonds. The third kappa shape index (κ3) is 6.12. The first-order valence-electron chi connectivity index (χ1n) is 7.13. The zero-order valence-electron chi connectivity index (χ0n) is 13.3. The van der Waals surface area contributed by atoms with Gasteiger partial charge in [-0.15, -0.1) is 0 Å². The minimum atomic E-state index is -0.510. The van der Waals surface area contributed by atoms with Crippen LogP contribution in [0.1, 0.15) is 27.7 Å². The number of rotatable bonds is 3. The molecule has 0 aromatic heterocycles. The van der Waals surface area contributed by atoms with Crippen LogP contribution >= 0.6 is 0 Å². The monoisotopic (exact) mass is 296 g/mol. The van der Waals surface area contributed by atoms with E-state index in [1.54, 1.807) is 17.9 Å². The molecule has 0 saturated carbocycles. The van der Waals surface area contributed by atoms with Crippen LogP contribution < -0.4 is 5.32 Å². The maximum absolute atomic E-state index is 13.1. The number of ether oxygens (including phenoxy) is 1. The molecule has 0 aromatic carbocycles. The van der Waals surface area contributed by atoms with Gasteiger partial charge >= 0.3 is 6.09 Å². The van der Waals surface area contributed by atoms with Crippen LogP contribution in [0.4, 0.5) is 9.18 Å². The van der Waals surface area contributed by atoms with Crippen molar-refractivity contribution < 1.29 is 13.9 Å². The first-order chi connectivity index (χ1) is 9.73. The molecule has 0 unspecified atom stereocenters. The second-order valence-corrected chi connectivity index (χ2v) is 6.01. The van der Waals surface area contributed by atoms with Gasteiger partial charge in [0.25, 0.3) is 0 Å². The average molecular weight is 296 g/mol. The van der Waals surface area contributed by atoms with Gasteiger partial charge in [0.05, 0.1) is 0 Å².